The molecule has 0 aliphatic carbocycles. The van der Waals surface area contributed by atoms with E-state index in [1.165, 1.54) is 5.56 Å². The van der Waals surface area contributed by atoms with E-state index in [0.29, 0.717) is 29.1 Å². The minimum atomic E-state index is 0.561. The Balaban J connectivity index is 1.68. The van der Waals surface area contributed by atoms with Crippen molar-refractivity contribution >= 4 is 29.1 Å². The van der Waals surface area contributed by atoms with Gasteiger partial charge in [-0.1, -0.05) is 23.7 Å². The molecule has 0 atom stereocenters. The van der Waals surface area contributed by atoms with Crippen LogP contribution in [0.1, 0.15) is 11.3 Å². The summed E-state index contributed by atoms with van der Waals surface area (Å²) in [6, 6.07) is 15.3. The first-order valence-corrected chi connectivity index (χ1v) is 9.28. The van der Waals surface area contributed by atoms with Crippen molar-refractivity contribution in [2.24, 2.45) is 0 Å². The van der Waals surface area contributed by atoms with E-state index in [0.717, 1.165) is 23.6 Å². The summed E-state index contributed by atoms with van der Waals surface area (Å²) in [5.41, 5.74) is 2.78. The summed E-state index contributed by atoms with van der Waals surface area (Å²) in [6.45, 7) is 2.63. The maximum Gasteiger partial charge on any atom is 0.224 e. The lowest BCUT2D eigenvalue weighted by Gasteiger charge is -2.13. The number of methoxy groups -OCH3 is 2. The van der Waals surface area contributed by atoms with Crippen LogP contribution in [0.25, 0.3) is 0 Å². The molecule has 2 aromatic carbocycles. The average molecular weight is 399 g/mol. The van der Waals surface area contributed by atoms with Crippen molar-refractivity contribution in [1.29, 1.82) is 0 Å². The maximum absolute atomic E-state index is 6.10. The molecule has 0 aliphatic heterocycles. The molecular formula is C21H23ClN4O2. The second kappa shape index (κ2) is 9.28. The minimum Gasteiger partial charge on any atom is -0.497 e. The Morgan fingerprint density at radius 3 is 2.64 bits per heavy atom. The van der Waals surface area contributed by atoms with Gasteiger partial charge in [-0.05, 0) is 49.2 Å². The van der Waals surface area contributed by atoms with Crippen LogP contribution in [0, 0.1) is 6.92 Å². The fraction of sp³-hybridized carbons (Fsp3) is 0.238. The number of hydrogen-bond acceptors (Lipinski definition) is 6. The van der Waals surface area contributed by atoms with Crippen molar-refractivity contribution in [2.45, 2.75) is 13.3 Å². The number of aromatic nitrogens is 2. The summed E-state index contributed by atoms with van der Waals surface area (Å²) >= 11 is 6.10. The highest BCUT2D eigenvalue weighted by Crippen LogP contribution is 2.30. The van der Waals surface area contributed by atoms with Crippen LogP contribution in [0.15, 0.2) is 48.5 Å². The lowest BCUT2D eigenvalue weighted by molar-refractivity contribution is 0.414. The second-order valence-corrected chi connectivity index (χ2v) is 6.65. The highest BCUT2D eigenvalue weighted by molar-refractivity contribution is 6.31. The summed E-state index contributed by atoms with van der Waals surface area (Å²) < 4.78 is 10.6. The van der Waals surface area contributed by atoms with Gasteiger partial charge in [-0.25, -0.2) is 4.98 Å². The van der Waals surface area contributed by atoms with Gasteiger partial charge in [-0.3, -0.25) is 0 Å². The third kappa shape index (κ3) is 5.27. The van der Waals surface area contributed by atoms with Crippen molar-refractivity contribution in [3.63, 3.8) is 0 Å². The van der Waals surface area contributed by atoms with Gasteiger partial charge in [0.1, 0.15) is 17.3 Å². The first-order chi connectivity index (χ1) is 13.6. The zero-order chi connectivity index (χ0) is 19.9. The number of halogens is 1. The number of hydrogen-bond donors (Lipinski definition) is 2. The zero-order valence-corrected chi connectivity index (χ0v) is 16.9. The Labute approximate surface area is 169 Å². The first kappa shape index (κ1) is 19.8. The summed E-state index contributed by atoms with van der Waals surface area (Å²) in [5, 5.41) is 7.15. The summed E-state index contributed by atoms with van der Waals surface area (Å²) in [5.74, 6) is 2.77. The molecule has 28 heavy (non-hydrogen) atoms. The van der Waals surface area contributed by atoms with Crippen molar-refractivity contribution in [1.82, 2.24) is 9.97 Å². The highest BCUT2D eigenvalue weighted by Gasteiger charge is 2.08. The Hall–Kier alpha value is -2.99. The van der Waals surface area contributed by atoms with Gasteiger partial charge in [0.15, 0.2) is 0 Å². The molecule has 0 radical (unpaired) electrons. The van der Waals surface area contributed by atoms with Crippen molar-refractivity contribution in [2.75, 3.05) is 31.4 Å². The van der Waals surface area contributed by atoms with Crippen LogP contribution < -0.4 is 20.1 Å². The molecule has 146 valence electrons. The number of nitrogens with zero attached hydrogens (tertiary/aromatic N) is 2. The van der Waals surface area contributed by atoms with E-state index in [4.69, 9.17) is 21.1 Å². The molecule has 7 heteroatoms. The fourth-order valence-corrected chi connectivity index (χ4v) is 2.95. The number of benzene rings is 2. The van der Waals surface area contributed by atoms with Crippen molar-refractivity contribution < 1.29 is 9.47 Å². The standard InChI is InChI=1S/C21H23ClN4O2/c1-14-11-20(25-18-13-16(22)7-8-19(18)28-3)26-21(24-14)23-10-9-15-5-4-6-17(12-15)27-2/h4-8,11-13H,9-10H2,1-3H3,(H2,23,24,25,26). The zero-order valence-electron chi connectivity index (χ0n) is 16.1. The largest absolute Gasteiger partial charge is 0.497 e. The van der Waals surface area contributed by atoms with Crippen LogP contribution in [-0.4, -0.2) is 30.7 Å². The highest BCUT2D eigenvalue weighted by atomic mass is 35.5. The lowest BCUT2D eigenvalue weighted by Crippen LogP contribution is -2.10. The molecule has 0 unspecified atom stereocenters. The maximum atomic E-state index is 6.10. The van der Waals surface area contributed by atoms with Crippen molar-refractivity contribution in [3.05, 3.63) is 64.8 Å². The van der Waals surface area contributed by atoms with Gasteiger partial charge in [0.2, 0.25) is 5.95 Å². The van der Waals surface area contributed by atoms with Crippen LogP contribution in [-0.2, 0) is 6.42 Å². The van der Waals surface area contributed by atoms with Gasteiger partial charge in [0.05, 0.1) is 19.9 Å². The number of ether oxygens (including phenoxy) is 2. The number of nitrogens with one attached hydrogen (secondary N) is 2. The molecule has 1 heterocycles. The van der Waals surface area contributed by atoms with Crippen LogP contribution >= 0.6 is 11.6 Å². The molecule has 6 nitrogen and oxygen atoms in total. The van der Waals surface area contributed by atoms with Gasteiger partial charge in [0.25, 0.3) is 0 Å². The molecule has 0 saturated carbocycles. The summed E-state index contributed by atoms with van der Waals surface area (Å²) in [7, 11) is 3.28. The summed E-state index contributed by atoms with van der Waals surface area (Å²) in [4.78, 5) is 9.00. The van der Waals surface area contributed by atoms with E-state index in [9.17, 15) is 0 Å². The van der Waals surface area contributed by atoms with E-state index < -0.39 is 0 Å². The van der Waals surface area contributed by atoms with Crippen LogP contribution in [0.5, 0.6) is 11.5 Å². The Morgan fingerprint density at radius 1 is 1.00 bits per heavy atom. The van der Waals surface area contributed by atoms with Crippen LogP contribution in [0.4, 0.5) is 17.5 Å². The number of anilines is 3. The number of rotatable bonds is 8. The first-order valence-electron chi connectivity index (χ1n) is 8.90. The van der Waals surface area contributed by atoms with E-state index in [1.54, 1.807) is 26.4 Å². The molecule has 0 amide bonds. The van der Waals surface area contributed by atoms with E-state index in [-0.39, 0.29) is 0 Å². The molecule has 3 aromatic rings. The van der Waals surface area contributed by atoms with E-state index in [1.807, 2.05) is 37.3 Å². The molecule has 0 bridgehead atoms. The molecule has 2 N–H and O–H groups in total. The SMILES string of the molecule is COc1cccc(CCNc2nc(C)cc(Nc3cc(Cl)ccc3OC)n2)c1. The molecule has 0 spiro atoms. The third-order valence-corrected chi connectivity index (χ3v) is 4.34. The monoisotopic (exact) mass is 398 g/mol. The molecule has 3 rings (SSSR count). The van der Waals surface area contributed by atoms with E-state index in [2.05, 4.69) is 26.7 Å². The van der Waals surface area contributed by atoms with Gasteiger partial charge in [-0.15, -0.1) is 0 Å². The lowest BCUT2D eigenvalue weighted by atomic mass is 10.1. The Morgan fingerprint density at radius 2 is 1.86 bits per heavy atom. The quantitative estimate of drug-likeness (QED) is 0.565. The normalized spacial score (nSPS) is 10.4. The topological polar surface area (TPSA) is 68.3 Å². The van der Waals surface area contributed by atoms with Crippen molar-refractivity contribution in [3.8, 4) is 11.5 Å². The third-order valence-electron chi connectivity index (χ3n) is 4.11. The number of aryl methyl sites for hydroxylation is 1. The average Bonchev–Trinajstić information content (AvgIpc) is 2.68. The van der Waals surface area contributed by atoms with Crippen LogP contribution in [0.3, 0.4) is 0 Å². The molecular weight excluding hydrogens is 376 g/mol. The Bertz CT molecular complexity index is 949. The fourth-order valence-electron chi connectivity index (χ4n) is 2.77. The molecule has 0 saturated heterocycles. The predicted molar refractivity (Wildman–Crippen MR) is 113 cm³/mol. The smallest absolute Gasteiger partial charge is 0.224 e. The molecule has 1 aromatic heterocycles. The molecule has 0 fully saturated rings. The van der Waals surface area contributed by atoms with Gasteiger partial charge < -0.3 is 20.1 Å². The van der Waals surface area contributed by atoms with E-state index >= 15 is 0 Å². The minimum absolute atomic E-state index is 0.561. The van der Waals surface area contributed by atoms with Gasteiger partial charge in [0, 0.05) is 23.3 Å². The second-order valence-electron chi connectivity index (χ2n) is 6.22. The van der Waals surface area contributed by atoms with Gasteiger partial charge >= 0.3 is 0 Å². The summed E-state index contributed by atoms with van der Waals surface area (Å²) in [6.07, 6.45) is 0.833. The molecule has 0 aliphatic rings. The Kier molecular flexibility index (Phi) is 6.55. The predicted octanol–water partition coefficient (Wildman–Crippen LogP) is 4.85. The van der Waals surface area contributed by atoms with Crippen LogP contribution in [0.2, 0.25) is 5.02 Å². The van der Waals surface area contributed by atoms with Gasteiger partial charge in [-0.2, -0.15) is 4.98 Å².